The van der Waals surface area contributed by atoms with E-state index in [1.54, 1.807) is 0 Å². The second-order valence-electron chi connectivity index (χ2n) is 4.91. The molecule has 3 rings (SSSR count). The van der Waals surface area contributed by atoms with E-state index in [9.17, 15) is 0 Å². The van der Waals surface area contributed by atoms with E-state index in [-0.39, 0.29) is 0 Å². The second-order valence-corrected chi connectivity index (χ2v) is 5.83. The summed E-state index contributed by atoms with van der Waals surface area (Å²) in [6, 6.07) is 16.4. The van der Waals surface area contributed by atoms with Crippen LogP contribution >= 0.6 is 15.9 Å². The topological polar surface area (TPSA) is 40.2 Å². The molecule has 0 radical (unpaired) electrons. The third kappa shape index (κ3) is 3.28. The second kappa shape index (κ2) is 6.33. The Bertz CT molecular complexity index is 751. The van der Waals surface area contributed by atoms with Crippen LogP contribution in [0.15, 0.2) is 59.2 Å². The number of nitrogens with two attached hydrogens (primary N) is 1. The van der Waals surface area contributed by atoms with Gasteiger partial charge >= 0.3 is 0 Å². The van der Waals surface area contributed by atoms with Crippen molar-refractivity contribution in [2.24, 2.45) is 5.73 Å². The predicted molar refractivity (Wildman–Crippen MR) is 89.5 cm³/mol. The first kappa shape index (κ1) is 14.2. The zero-order chi connectivity index (χ0) is 14.7. The van der Waals surface area contributed by atoms with Crippen LogP contribution in [-0.2, 0) is 13.1 Å². The highest BCUT2D eigenvalue weighted by molar-refractivity contribution is 9.10. The molecule has 2 N–H and O–H groups in total. The lowest BCUT2D eigenvalue weighted by Gasteiger charge is -2.09. The molecule has 21 heavy (non-hydrogen) atoms. The van der Waals surface area contributed by atoms with E-state index in [1.165, 1.54) is 10.9 Å². The number of hydrogen-bond donors (Lipinski definition) is 1. The number of nitrogens with zero attached hydrogens (tertiary/aromatic N) is 1. The van der Waals surface area contributed by atoms with Crippen molar-refractivity contribution in [3.05, 3.63) is 64.8 Å². The van der Waals surface area contributed by atoms with Crippen LogP contribution in [0, 0.1) is 0 Å². The number of aromatic nitrogens is 1. The van der Waals surface area contributed by atoms with Crippen LogP contribution in [-0.4, -0.2) is 11.2 Å². The van der Waals surface area contributed by atoms with Crippen molar-refractivity contribution in [2.75, 3.05) is 6.61 Å². The molecule has 0 fully saturated rings. The fourth-order valence-electron chi connectivity index (χ4n) is 2.39. The number of rotatable bonds is 5. The highest BCUT2D eigenvalue weighted by atomic mass is 79.9. The van der Waals surface area contributed by atoms with Crippen molar-refractivity contribution in [1.82, 2.24) is 4.57 Å². The third-order valence-electron chi connectivity index (χ3n) is 3.47. The monoisotopic (exact) mass is 344 g/mol. The van der Waals surface area contributed by atoms with Gasteiger partial charge in [-0.15, -0.1) is 0 Å². The molecule has 0 saturated heterocycles. The van der Waals surface area contributed by atoms with Crippen LogP contribution in [0.3, 0.4) is 0 Å². The molecule has 1 aromatic heterocycles. The standard InChI is InChI=1S/C17H17BrN2O/c18-15-2-1-3-16(11-15)21-9-8-20-7-6-14-10-13(12-19)4-5-17(14)20/h1-7,10-11H,8-9,12,19H2. The Kier molecular flexibility index (Phi) is 4.27. The average Bonchev–Trinajstić information content (AvgIpc) is 2.90. The first-order valence-corrected chi connectivity index (χ1v) is 7.72. The van der Waals surface area contributed by atoms with Crippen molar-refractivity contribution in [2.45, 2.75) is 13.1 Å². The number of fused-ring (bicyclic) bond motifs is 1. The lowest BCUT2D eigenvalue weighted by Crippen LogP contribution is -2.07. The van der Waals surface area contributed by atoms with Gasteiger partial charge in [0.15, 0.2) is 0 Å². The Morgan fingerprint density at radius 2 is 2.00 bits per heavy atom. The zero-order valence-electron chi connectivity index (χ0n) is 11.6. The highest BCUT2D eigenvalue weighted by Crippen LogP contribution is 2.19. The van der Waals surface area contributed by atoms with Crippen LogP contribution in [0.4, 0.5) is 0 Å². The third-order valence-corrected chi connectivity index (χ3v) is 3.96. The average molecular weight is 345 g/mol. The predicted octanol–water partition coefficient (Wildman–Crippen LogP) is 3.94. The Balaban J connectivity index is 1.68. The molecule has 108 valence electrons. The zero-order valence-corrected chi connectivity index (χ0v) is 13.2. The highest BCUT2D eigenvalue weighted by Gasteiger charge is 2.02. The van der Waals surface area contributed by atoms with Gasteiger partial charge in [0.25, 0.3) is 0 Å². The Morgan fingerprint density at radius 3 is 2.81 bits per heavy atom. The summed E-state index contributed by atoms with van der Waals surface area (Å²) in [5, 5.41) is 1.22. The first-order valence-electron chi connectivity index (χ1n) is 6.92. The molecule has 0 spiro atoms. The van der Waals surface area contributed by atoms with Gasteiger partial charge in [-0.3, -0.25) is 0 Å². The minimum atomic E-state index is 0.577. The number of ether oxygens (including phenoxy) is 1. The number of hydrogen-bond acceptors (Lipinski definition) is 2. The van der Waals surface area contributed by atoms with E-state index in [4.69, 9.17) is 10.5 Å². The van der Waals surface area contributed by atoms with E-state index < -0.39 is 0 Å². The molecule has 0 unspecified atom stereocenters. The fourth-order valence-corrected chi connectivity index (χ4v) is 2.77. The van der Waals surface area contributed by atoms with Crippen LogP contribution in [0.25, 0.3) is 10.9 Å². The van der Waals surface area contributed by atoms with Gasteiger partial charge in [-0.25, -0.2) is 0 Å². The summed E-state index contributed by atoms with van der Waals surface area (Å²) in [7, 11) is 0. The lowest BCUT2D eigenvalue weighted by atomic mass is 10.1. The van der Waals surface area contributed by atoms with Crippen molar-refractivity contribution < 1.29 is 4.74 Å². The minimum absolute atomic E-state index is 0.577. The van der Waals surface area contributed by atoms with E-state index in [1.807, 2.05) is 24.3 Å². The van der Waals surface area contributed by atoms with Gasteiger partial charge in [-0.05, 0) is 47.3 Å². The molecular formula is C17H17BrN2O. The SMILES string of the molecule is NCc1ccc2c(ccn2CCOc2cccc(Br)c2)c1. The van der Waals surface area contributed by atoms with Crippen molar-refractivity contribution in [3.63, 3.8) is 0 Å². The van der Waals surface area contributed by atoms with Gasteiger partial charge in [0.05, 0.1) is 6.54 Å². The molecule has 0 aliphatic heterocycles. The molecule has 0 aliphatic carbocycles. The summed E-state index contributed by atoms with van der Waals surface area (Å²) in [5.74, 6) is 0.881. The molecule has 3 aromatic rings. The van der Waals surface area contributed by atoms with Gasteiger partial charge in [-0.1, -0.05) is 28.1 Å². The minimum Gasteiger partial charge on any atom is -0.492 e. The Hall–Kier alpha value is -1.78. The summed E-state index contributed by atoms with van der Waals surface area (Å²) in [6.07, 6.45) is 2.09. The molecule has 2 aromatic carbocycles. The van der Waals surface area contributed by atoms with Gasteiger partial charge in [0.1, 0.15) is 12.4 Å². The normalized spacial score (nSPS) is 11.0. The molecular weight excluding hydrogens is 328 g/mol. The maximum Gasteiger partial charge on any atom is 0.120 e. The molecule has 1 heterocycles. The summed E-state index contributed by atoms with van der Waals surface area (Å²) in [4.78, 5) is 0. The molecule has 0 atom stereocenters. The smallest absolute Gasteiger partial charge is 0.120 e. The van der Waals surface area contributed by atoms with Crippen molar-refractivity contribution >= 4 is 26.8 Å². The first-order chi connectivity index (χ1) is 10.3. The van der Waals surface area contributed by atoms with Gasteiger partial charge in [0, 0.05) is 22.7 Å². The van der Waals surface area contributed by atoms with Crippen LogP contribution in [0.5, 0.6) is 5.75 Å². The maximum absolute atomic E-state index is 5.78. The summed E-state index contributed by atoms with van der Waals surface area (Å²) in [6.45, 7) is 2.03. The van der Waals surface area contributed by atoms with E-state index >= 15 is 0 Å². The molecule has 4 heteroatoms. The lowest BCUT2D eigenvalue weighted by molar-refractivity contribution is 0.300. The van der Waals surface area contributed by atoms with Gasteiger partial charge in [0.2, 0.25) is 0 Å². The van der Waals surface area contributed by atoms with E-state index in [2.05, 4.69) is 51.0 Å². The van der Waals surface area contributed by atoms with Crippen molar-refractivity contribution in [1.29, 1.82) is 0 Å². The summed E-state index contributed by atoms with van der Waals surface area (Å²) < 4.78 is 9.01. The summed E-state index contributed by atoms with van der Waals surface area (Å²) >= 11 is 3.44. The molecule has 0 bridgehead atoms. The quantitative estimate of drug-likeness (QED) is 0.761. The number of halogens is 1. The van der Waals surface area contributed by atoms with Crippen LogP contribution in [0.2, 0.25) is 0 Å². The molecule has 0 amide bonds. The van der Waals surface area contributed by atoms with Gasteiger partial charge < -0.3 is 15.0 Å². The molecule has 0 aliphatic rings. The Labute approximate surface area is 132 Å². The fraction of sp³-hybridized carbons (Fsp3) is 0.176. The van der Waals surface area contributed by atoms with E-state index in [0.29, 0.717) is 13.2 Å². The largest absolute Gasteiger partial charge is 0.492 e. The molecule has 0 saturated carbocycles. The maximum atomic E-state index is 5.78. The van der Waals surface area contributed by atoms with Gasteiger partial charge in [-0.2, -0.15) is 0 Å². The van der Waals surface area contributed by atoms with Crippen LogP contribution in [0.1, 0.15) is 5.56 Å². The van der Waals surface area contributed by atoms with Crippen molar-refractivity contribution in [3.8, 4) is 5.75 Å². The number of benzene rings is 2. The van der Waals surface area contributed by atoms with E-state index in [0.717, 1.165) is 22.3 Å². The summed E-state index contributed by atoms with van der Waals surface area (Å²) in [5.41, 5.74) is 8.04. The Morgan fingerprint density at radius 1 is 1.10 bits per heavy atom. The van der Waals surface area contributed by atoms with Crippen LogP contribution < -0.4 is 10.5 Å². The molecule has 3 nitrogen and oxygen atoms in total.